The molecule has 0 amide bonds. The van der Waals surface area contributed by atoms with Crippen LogP contribution >= 0.6 is 0 Å². The molecule has 1 rings (SSSR count). The van der Waals surface area contributed by atoms with Gasteiger partial charge in [-0.2, -0.15) is 0 Å². The Hall–Kier alpha value is -4.30. The van der Waals surface area contributed by atoms with Crippen molar-refractivity contribution in [2.24, 2.45) is 5.41 Å². The van der Waals surface area contributed by atoms with Gasteiger partial charge in [0.15, 0.2) is 0 Å². The van der Waals surface area contributed by atoms with Crippen molar-refractivity contribution in [2.45, 2.75) is 0 Å². The third kappa shape index (κ3) is 22.8. The number of esters is 4. The zero-order valence-electron chi connectivity index (χ0n) is 25.9. The van der Waals surface area contributed by atoms with E-state index in [4.69, 9.17) is 37.9 Å². The van der Waals surface area contributed by atoms with Gasteiger partial charge in [-0.1, -0.05) is 44.5 Å². The number of benzene rings is 1. The molecule has 0 atom stereocenters. The Morgan fingerprint density at radius 1 is 0.556 bits per heavy atom. The lowest BCUT2D eigenvalue weighted by Crippen LogP contribution is -2.43. The summed E-state index contributed by atoms with van der Waals surface area (Å²) in [5.74, 6) is -2.33. The fraction of sp³-hybridized carbons (Fsp3) is 0.438. The Labute approximate surface area is 264 Å². The van der Waals surface area contributed by atoms with Gasteiger partial charge in [0.25, 0.3) is 0 Å². The van der Waals surface area contributed by atoms with Crippen molar-refractivity contribution in [3.63, 3.8) is 0 Å². The van der Waals surface area contributed by atoms with Gasteiger partial charge < -0.3 is 43.2 Å². The molecule has 0 bridgehead atoms. The molecule has 0 saturated heterocycles. The topological polar surface area (TPSA) is 154 Å². The molecule has 0 heterocycles. The first-order valence-electron chi connectivity index (χ1n) is 14.0. The molecule has 0 aliphatic carbocycles. The minimum atomic E-state index is -0.879. The highest BCUT2D eigenvalue weighted by molar-refractivity contribution is 5.82. The number of hydrogen-bond donors (Lipinski definition) is 1. The fourth-order valence-electron chi connectivity index (χ4n) is 3.05. The molecule has 13 heteroatoms. The molecule has 13 nitrogen and oxygen atoms in total. The van der Waals surface area contributed by atoms with Crippen molar-refractivity contribution in [1.82, 2.24) is 0 Å². The maximum absolute atomic E-state index is 11.2. The van der Waals surface area contributed by atoms with Crippen LogP contribution in [-0.2, 0) is 57.1 Å². The molecule has 0 aliphatic heterocycles. The third-order valence-corrected chi connectivity index (χ3v) is 5.25. The molecule has 0 aliphatic rings. The summed E-state index contributed by atoms with van der Waals surface area (Å²) in [5, 5.41) is 3.03. The van der Waals surface area contributed by atoms with Crippen molar-refractivity contribution in [2.75, 3.05) is 91.6 Å². The second-order valence-corrected chi connectivity index (χ2v) is 8.81. The number of nitrogens with one attached hydrogen (secondary N) is 1. The zero-order valence-corrected chi connectivity index (χ0v) is 25.9. The predicted molar refractivity (Wildman–Crippen MR) is 166 cm³/mol. The highest BCUT2D eigenvalue weighted by Gasteiger charge is 2.33. The van der Waals surface area contributed by atoms with Crippen LogP contribution in [0.2, 0.25) is 0 Å². The van der Waals surface area contributed by atoms with Gasteiger partial charge >= 0.3 is 23.9 Å². The van der Waals surface area contributed by atoms with Crippen LogP contribution in [0.3, 0.4) is 0 Å². The van der Waals surface area contributed by atoms with E-state index in [0.29, 0.717) is 0 Å². The molecule has 0 saturated carbocycles. The maximum atomic E-state index is 11.2. The standard InChI is InChI=1S/C25H36O12.C7H9N/c1-5-21(26)34-13-9-30-17-25(18-31-10-14-35-22(27)6-2,19-32-11-15-36-23(28)7-3)20-33-12-16-37-24(29)8-4;1-8-7-5-3-2-4-6-7/h5-8H,1-4,9-20H2;2-6,8H,1H3. The summed E-state index contributed by atoms with van der Waals surface area (Å²) < 4.78 is 42.3. The number of ether oxygens (including phenoxy) is 8. The summed E-state index contributed by atoms with van der Waals surface area (Å²) in [6.45, 7) is 13.8. The third-order valence-electron chi connectivity index (χ3n) is 5.25. The quantitative estimate of drug-likeness (QED) is 0.0725. The van der Waals surface area contributed by atoms with E-state index in [1.165, 1.54) is 0 Å². The highest BCUT2D eigenvalue weighted by Crippen LogP contribution is 2.21. The lowest BCUT2D eigenvalue weighted by atomic mass is 9.92. The number of para-hydroxylation sites is 1. The first-order valence-corrected chi connectivity index (χ1v) is 14.0. The number of rotatable bonds is 25. The summed E-state index contributed by atoms with van der Waals surface area (Å²) in [4.78, 5) is 44.8. The van der Waals surface area contributed by atoms with Crippen molar-refractivity contribution in [1.29, 1.82) is 0 Å². The number of anilines is 1. The Morgan fingerprint density at radius 3 is 1.07 bits per heavy atom. The molecule has 0 radical (unpaired) electrons. The van der Waals surface area contributed by atoms with Crippen LogP contribution < -0.4 is 5.32 Å². The zero-order chi connectivity index (χ0) is 33.6. The van der Waals surface area contributed by atoms with Crippen LogP contribution in [0.15, 0.2) is 81.0 Å². The van der Waals surface area contributed by atoms with E-state index in [1.54, 1.807) is 0 Å². The maximum Gasteiger partial charge on any atom is 0.330 e. The first kappa shape index (κ1) is 40.7. The SMILES string of the molecule is C=CC(=O)OCCOCC(COCCOC(=O)C=C)(COCCOC(=O)C=C)COCCOC(=O)C=C.CNc1ccccc1. The van der Waals surface area contributed by atoms with Crippen LogP contribution in [0.1, 0.15) is 0 Å². The molecule has 0 aromatic heterocycles. The summed E-state index contributed by atoms with van der Waals surface area (Å²) >= 11 is 0. The number of carbonyl (C=O) groups excluding carboxylic acids is 4. The van der Waals surface area contributed by atoms with Gasteiger partial charge in [0, 0.05) is 37.0 Å². The van der Waals surface area contributed by atoms with E-state index < -0.39 is 29.3 Å². The van der Waals surface area contributed by atoms with Crippen LogP contribution in [0.5, 0.6) is 0 Å². The number of hydrogen-bond acceptors (Lipinski definition) is 13. The molecule has 0 fully saturated rings. The molecule has 1 aromatic rings. The highest BCUT2D eigenvalue weighted by atomic mass is 16.6. The average molecular weight is 636 g/mol. The van der Waals surface area contributed by atoms with E-state index in [2.05, 4.69) is 31.6 Å². The van der Waals surface area contributed by atoms with Crippen molar-refractivity contribution >= 4 is 29.6 Å². The van der Waals surface area contributed by atoms with Crippen molar-refractivity contribution in [3.05, 3.63) is 81.0 Å². The van der Waals surface area contributed by atoms with Gasteiger partial charge in [0.2, 0.25) is 0 Å². The lowest BCUT2D eigenvalue weighted by molar-refractivity contribution is -0.146. The van der Waals surface area contributed by atoms with E-state index in [1.807, 2.05) is 37.4 Å². The molecule has 0 spiro atoms. The summed E-state index contributed by atoms with van der Waals surface area (Å²) in [6.07, 6.45) is 4.16. The Bertz CT molecular complexity index is 903. The van der Waals surface area contributed by atoms with E-state index in [0.717, 1.165) is 30.0 Å². The van der Waals surface area contributed by atoms with E-state index >= 15 is 0 Å². The minimum absolute atomic E-state index is 0.00395. The Balaban J connectivity index is 0.00000208. The molecule has 0 unspecified atom stereocenters. The van der Waals surface area contributed by atoms with E-state index in [9.17, 15) is 19.2 Å². The van der Waals surface area contributed by atoms with Crippen molar-refractivity contribution in [3.8, 4) is 0 Å². The Kier molecular flexibility index (Phi) is 24.7. The molecule has 250 valence electrons. The van der Waals surface area contributed by atoms with Crippen LogP contribution in [0.25, 0.3) is 0 Å². The van der Waals surface area contributed by atoms with Crippen LogP contribution in [-0.4, -0.2) is 110 Å². The monoisotopic (exact) mass is 635 g/mol. The van der Waals surface area contributed by atoms with Crippen LogP contribution in [0, 0.1) is 5.41 Å². The second-order valence-electron chi connectivity index (χ2n) is 8.81. The largest absolute Gasteiger partial charge is 0.460 e. The van der Waals surface area contributed by atoms with Gasteiger partial charge in [-0.3, -0.25) is 0 Å². The molecule has 1 N–H and O–H groups in total. The summed E-state index contributed by atoms with van der Waals surface area (Å²) in [5.41, 5.74) is 0.281. The van der Waals surface area contributed by atoms with Crippen LogP contribution in [0.4, 0.5) is 5.69 Å². The van der Waals surface area contributed by atoms with Crippen molar-refractivity contribution < 1.29 is 57.1 Å². The Morgan fingerprint density at radius 2 is 0.844 bits per heavy atom. The molecular formula is C32H45NO12. The molecular weight excluding hydrogens is 590 g/mol. The lowest BCUT2D eigenvalue weighted by Gasteiger charge is -2.33. The van der Waals surface area contributed by atoms with Gasteiger partial charge in [-0.25, -0.2) is 19.2 Å². The smallest absolute Gasteiger partial charge is 0.330 e. The number of carbonyl (C=O) groups is 4. The normalized spacial score (nSPS) is 10.2. The van der Waals surface area contributed by atoms with Gasteiger partial charge in [-0.05, 0) is 12.1 Å². The van der Waals surface area contributed by atoms with Gasteiger partial charge in [0.05, 0.1) is 58.3 Å². The molecule has 45 heavy (non-hydrogen) atoms. The second kappa shape index (κ2) is 27.3. The molecule has 1 aromatic carbocycles. The van der Waals surface area contributed by atoms with Gasteiger partial charge in [-0.15, -0.1) is 0 Å². The fourth-order valence-corrected chi connectivity index (χ4v) is 3.05. The average Bonchev–Trinajstić information content (AvgIpc) is 3.07. The van der Waals surface area contributed by atoms with E-state index in [-0.39, 0.29) is 79.3 Å². The summed E-state index contributed by atoms with van der Waals surface area (Å²) in [6, 6.07) is 10.1. The first-order chi connectivity index (χ1) is 21.7. The summed E-state index contributed by atoms with van der Waals surface area (Å²) in [7, 11) is 1.91. The minimum Gasteiger partial charge on any atom is -0.460 e. The van der Waals surface area contributed by atoms with Gasteiger partial charge in [0.1, 0.15) is 26.4 Å². The predicted octanol–water partition coefficient (Wildman–Crippen LogP) is 2.68.